The summed E-state index contributed by atoms with van der Waals surface area (Å²) in [5, 5.41) is 5.93. The number of nitrogens with zero attached hydrogens (tertiary/aromatic N) is 4. The Balaban J connectivity index is 1.78. The Labute approximate surface area is 180 Å². The zero-order valence-corrected chi connectivity index (χ0v) is 17.3. The molecule has 0 radical (unpaired) electrons. The first-order valence-electron chi connectivity index (χ1n) is 10.0. The van der Waals surface area contributed by atoms with Gasteiger partial charge in [0.15, 0.2) is 5.82 Å². The van der Waals surface area contributed by atoms with Gasteiger partial charge in [-0.2, -0.15) is 0 Å². The van der Waals surface area contributed by atoms with Crippen molar-refractivity contribution >= 4 is 23.6 Å². The number of anilines is 2. The summed E-state index contributed by atoms with van der Waals surface area (Å²) in [5.41, 5.74) is 0.537. The first-order chi connectivity index (χ1) is 15.0. The number of rotatable bonds is 7. The zero-order valence-electron chi connectivity index (χ0n) is 17.3. The SMILES string of the molecule is C=CC(=O)N(C=C)c1cc(-c2nc(NC3CCC(C(=O)NC)CC3)ncc2F)ccn1. The number of carbonyl (C=O) groups is 2. The van der Waals surface area contributed by atoms with Gasteiger partial charge in [0.25, 0.3) is 5.91 Å². The number of hydrogen-bond acceptors (Lipinski definition) is 6. The lowest BCUT2D eigenvalue weighted by molar-refractivity contribution is -0.125. The van der Waals surface area contributed by atoms with Gasteiger partial charge in [-0.3, -0.25) is 14.5 Å². The molecule has 2 aromatic rings. The molecular formula is C22H25FN6O2. The second kappa shape index (κ2) is 9.92. The van der Waals surface area contributed by atoms with Crippen LogP contribution in [0, 0.1) is 11.7 Å². The number of pyridine rings is 1. The summed E-state index contributed by atoms with van der Waals surface area (Å²) in [4.78, 5) is 37.5. The van der Waals surface area contributed by atoms with Crippen LogP contribution in [0.2, 0.25) is 0 Å². The number of halogens is 1. The van der Waals surface area contributed by atoms with Gasteiger partial charge in [0.1, 0.15) is 11.5 Å². The minimum Gasteiger partial charge on any atom is -0.359 e. The third-order valence-electron chi connectivity index (χ3n) is 5.28. The highest BCUT2D eigenvalue weighted by Crippen LogP contribution is 2.28. The molecule has 0 unspecified atom stereocenters. The van der Waals surface area contributed by atoms with E-state index < -0.39 is 11.7 Å². The van der Waals surface area contributed by atoms with Crippen molar-refractivity contribution < 1.29 is 14.0 Å². The van der Waals surface area contributed by atoms with Crippen molar-refractivity contribution in [2.24, 2.45) is 5.92 Å². The zero-order chi connectivity index (χ0) is 22.4. The maximum Gasteiger partial charge on any atom is 0.255 e. The molecular weight excluding hydrogens is 399 g/mol. The number of carbonyl (C=O) groups excluding carboxylic acids is 2. The second-order valence-electron chi connectivity index (χ2n) is 7.19. The number of hydrogen-bond donors (Lipinski definition) is 2. The van der Waals surface area contributed by atoms with Gasteiger partial charge in [-0.15, -0.1) is 0 Å². The van der Waals surface area contributed by atoms with E-state index in [1.54, 1.807) is 19.2 Å². The number of amides is 2. The van der Waals surface area contributed by atoms with Crippen molar-refractivity contribution in [3.63, 3.8) is 0 Å². The van der Waals surface area contributed by atoms with Crippen molar-refractivity contribution in [1.29, 1.82) is 0 Å². The van der Waals surface area contributed by atoms with E-state index >= 15 is 0 Å². The Morgan fingerprint density at radius 2 is 1.97 bits per heavy atom. The van der Waals surface area contributed by atoms with E-state index in [-0.39, 0.29) is 29.4 Å². The van der Waals surface area contributed by atoms with Gasteiger partial charge in [-0.05, 0) is 43.9 Å². The smallest absolute Gasteiger partial charge is 0.255 e. The third kappa shape index (κ3) is 5.11. The molecule has 1 aliphatic carbocycles. The van der Waals surface area contributed by atoms with Crippen molar-refractivity contribution in [2.75, 3.05) is 17.3 Å². The van der Waals surface area contributed by atoms with Crippen LogP contribution in [0.5, 0.6) is 0 Å². The van der Waals surface area contributed by atoms with E-state index in [0.29, 0.717) is 11.5 Å². The molecule has 31 heavy (non-hydrogen) atoms. The van der Waals surface area contributed by atoms with E-state index in [4.69, 9.17) is 0 Å². The predicted molar refractivity (Wildman–Crippen MR) is 117 cm³/mol. The maximum absolute atomic E-state index is 14.5. The summed E-state index contributed by atoms with van der Waals surface area (Å²) in [7, 11) is 1.65. The van der Waals surface area contributed by atoms with Crippen LogP contribution < -0.4 is 15.5 Å². The largest absolute Gasteiger partial charge is 0.359 e. The fourth-order valence-electron chi connectivity index (χ4n) is 3.62. The Hall–Kier alpha value is -3.62. The van der Waals surface area contributed by atoms with E-state index in [1.807, 2.05) is 0 Å². The summed E-state index contributed by atoms with van der Waals surface area (Å²) < 4.78 is 14.5. The van der Waals surface area contributed by atoms with Crippen molar-refractivity contribution in [1.82, 2.24) is 20.3 Å². The van der Waals surface area contributed by atoms with E-state index in [2.05, 4.69) is 38.7 Å². The molecule has 0 atom stereocenters. The van der Waals surface area contributed by atoms with Gasteiger partial charge in [-0.25, -0.2) is 19.3 Å². The van der Waals surface area contributed by atoms with Crippen LogP contribution in [-0.4, -0.2) is 39.9 Å². The van der Waals surface area contributed by atoms with Crippen molar-refractivity contribution in [3.8, 4) is 11.3 Å². The van der Waals surface area contributed by atoms with Gasteiger partial charge in [0.2, 0.25) is 11.9 Å². The van der Waals surface area contributed by atoms with Crippen LogP contribution in [0.15, 0.2) is 50.0 Å². The van der Waals surface area contributed by atoms with E-state index in [9.17, 15) is 14.0 Å². The Kier molecular flexibility index (Phi) is 7.07. The summed E-state index contributed by atoms with van der Waals surface area (Å²) in [6.07, 6.45) is 8.17. The maximum atomic E-state index is 14.5. The highest BCUT2D eigenvalue weighted by Gasteiger charge is 2.26. The number of aromatic nitrogens is 3. The van der Waals surface area contributed by atoms with Crippen LogP contribution in [0.1, 0.15) is 25.7 Å². The Morgan fingerprint density at radius 1 is 1.23 bits per heavy atom. The average molecular weight is 424 g/mol. The van der Waals surface area contributed by atoms with Crippen LogP contribution >= 0.6 is 0 Å². The molecule has 1 aliphatic rings. The molecule has 1 fully saturated rings. The quantitative estimate of drug-likeness (QED) is 0.663. The Morgan fingerprint density at radius 3 is 2.61 bits per heavy atom. The number of nitrogens with one attached hydrogen (secondary N) is 2. The Bertz CT molecular complexity index is 988. The molecule has 162 valence electrons. The lowest BCUT2D eigenvalue weighted by Crippen LogP contribution is -2.34. The minimum absolute atomic E-state index is 0.0223. The highest BCUT2D eigenvalue weighted by molar-refractivity contribution is 6.02. The van der Waals surface area contributed by atoms with Gasteiger partial charge < -0.3 is 10.6 Å². The van der Waals surface area contributed by atoms with Gasteiger partial charge in [0, 0.05) is 37.0 Å². The highest BCUT2D eigenvalue weighted by atomic mass is 19.1. The molecule has 1 saturated carbocycles. The fraction of sp³-hybridized carbons (Fsp3) is 0.318. The topological polar surface area (TPSA) is 100 Å². The average Bonchev–Trinajstić information content (AvgIpc) is 2.80. The van der Waals surface area contributed by atoms with Gasteiger partial charge in [0.05, 0.1) is 6.20 Å². The minimum atomic E-state index is -0.591. The monoisotopic (exact) mass is 424 g/mol. The molecule has 2 aromatic heterocycles. The summed E-state index contributed by atoms with van der Waals surface area (Å²) >= 11 is 0. The van der Waals surface area contributed by atoms with Crippen molar-refractivity contribution in [2.45, 2.75) is 31.7 Å². The fourth-order valence-corrected chi connectivity index (χ4v) is 3.62. The molecule has 2 amide bonds. The van der Waals surface area contributed by atoms with Crippen LogP contribution in [-0.2, 0) is 9.59 Å². The molecule has 2 N–H and O–H groups in total. The van der Waals surface area contributed by atoms with Crippen LogP contribution in [0.25, 0.3) is 11.3 Å². The third-order valence-corrected chi connectivity index (χ3v) is 5.28. The van der Waals surface area contributed by atoms with E-state index in [0.717, 1.165) is 38.0 Å². The molecule has 9 heteroatoms. The molecule has 0 aromatic carbocycles. The van der Waals surface area contributed by atoms with Crippen molar-refractivity contribution in [3.05, 3.63) is 55.8 Å². The molecule has 0 saturated heterocycles. The molecule has 3 rings (SSSR count). The standard InChI is InChI=1S/C22H25FN6O2/c1-4-19(30)29(5-2)18-12-15(10-11-25-18)20-17(23)13-26-22(28-20)27-16-8-6-14(7-9-16)21(31)24-3/h4-5,10-14,16H,1-2,6-9H2,3H3,(H,24,31)(H,26,27,28). The normalized spacial score (nSPS) is 18.0. The summed E-state index contributed by atoms with van der Waals surface area (Å²) in [6, 6.07) is 3.26. The molecule has 0 aliphatic heterocycles. The lowest BCUT2D eigenvalue weighted by atomic mass is 9.85. The summed E-state index contributed by atoms with van der Waals surface area (Å²) in [6.45, 7) is 7.07. The van der Waals surface area contributed by atoms with E-state index in [1.165, 1.54) is 17.3 Å². The molecule has 2 heterocycles. The first kappa shape index (κ1) is 22.1. The molecule has 0 spiro atoms. The van der Waals surface area contributed by atoms with Crippen LogP contribution in [0.4, 0.5) is 16.2 Å². The second-order valence-corrected chi connectivity index (χ2v) is 7.19. The van der Waals surface area contributed by atoms with Gasteiger partial charge in [-0.1, -0.05) is 13.2 Å². The predicted octanol–water partition coefficient (Wildman–Crippen LogP) is 3.06. The first-order valence-corrected chi connectivity index (χ1v) is 10.0. The molecule has 0 bridgehead atoms. The van der Waals surface area contributed by atoms with Gasteiger partial charge >= 0.3 is 0 Å². The van der Waals surface area contributed by atoms with Crippen LogP contribution in [0.3, 0.4) is 0 Å². The summed E-state index contributed by atoms with van der Waals surface area (Å²) in [5.74, 6) is -0.327. The lowest BCUT2D eigenvalue weighted by Gasteiger charge is -2.28. The molecule has 8 nitrogen and oxygen atoms in total.